The van der Waals surface area contributed by atoms with Gasteiger partial charge in [-0.3, -0.25) is 0 Å². The molecule has 1 N–H and O–H groups in total. The van der Waals surface area contributed by atoms with E-state index in [0.717, 1.165) is 25.4 Å². The van der Waals surface area contributed by atoms with Gasteiger partial charge in [-0.15, -0.1) is 11.6 Å². The van der Waals surface area contributed by atoms with Crippen LogP contribution in [-0.2, 0) is 6.42 Å². The van der Waals surface area contributed by atoms with Crippen molar-refractivity contribution in [3.8, 4) is 0 Å². The van der Waals surface area contributed by atoms with E-state index >= 15 is 0 Å². The van der Waals surface area contributed by atoms with Gasteiger partial charge in [-0.25, -0.2) is 0 Å². The summed E-state index contributed by atoms with van der Waals surface area (Å²) in [6, 6.07) is 8.73. The first-order valence-electron chi connectivity index (χ1n) is 5.70. The molecule has 82 valence electrons. The lowest BCUT2D eigenvalue weighted by Gasteiger charge is -2.30. The first kappa shape index (κ1) is 11.0. The Morgan fingerprint density at radius 2 is 2.27 bits per heavy atom. The Morgan fingerprint density at radius 1 is 1.47 bits per heavy atom. The van der Waals surface area contributed by atoms with Gasteiger partial charge < -0.3 is 5.32 Å². The van der Waals surface area contributed by atoms with E-state index in [1.54, 1.807) is 0 Å². The van der Waals surface area contributed by atoms with Crippen LogP contribution in [0.15, 0.2) is 24.3 Å². The fraction of sp³-hybridized carbons (Fsp3) is 0.538. The Balaban J connectivity index is 1.71. The standard InChI is InChI=1S/C13H18ClN/c1-10(14)6-7-15-9-12-8-11-4-2-3-5-13(11)12/h2-5,10,12,15H,6-9H2,1H3. The number of nitrogens with one attached hydrogen (secondary N) is 1. The van der Waals surface area contributed by atoms with Gasteiger partial charge in [-0.1, -0.05) is 24.3 Å². The highest BCUT2D eigenvalue weighted by molar-refractivity contribution is 6.20. The maximum absolute atomic E-state index is 5.88. The second kappa shape index (κ2) is 5.00. The molecule has 0 saturated heterocycles. The third kappa shape index (κ3) is 2.73. The zero-order chi connectivity index (χ0) is 10.7. The van der Waals surface area contributed by atoms with Gasteiger partial charge in [0, 0.05) is 17.8 Å². The molecule has 0 fully saturated rings. The van der Waals surface area contributed by atoms with E-state index < -0.39 is 0 Å². The van der Waals surface area contributed by atoms with Crippen molar-refractivity contribution >= 4 is 11.6 Å². The molecule has 1 aliphatic rings. The van der Waals surface area contributed by atoms with Crippen LogP contribution in [0.2, 0.25) is 0 Å². The van der Waals surface area contributed by atoms with Crippen molar-refractivity contribution in [1.29, 1.82) is 0 Å². The summed E-state index contributed by atoms with van der Waals surface area (Å²) < 4.78 is 0. The lowest BCUT2D eigenvalue weighted by molar-refractivity contribution is 0.528. The van der Waals surface area contributed by atoms with E-state index in [1.165, 1.54) is 17.5 Å². The quantitative estimate of drug-likeness (QED) is 0.598. The molecule has 1 aromatic carbocycles. The van der Waals surface area contributed by atoms with Crippen molar-refractivity contribution in [3.05, 3.63) is 35.4 Å². The molecule has 1 nitrogen and oxygen atoms in total. The average molecular weight is 224 g/mol. The predicted molar refractivity (Wildman–Crippen MR) is 65.7 cm³/mol. The third-order valence-electron chi connectivity index (χ3n) is 3.07. The SMILES string of the molecule is CC(Cl)CCNCC1Cc2ccccc21. The molecule has 2 heteroatoms. The molecular formula is C13H18ClN. The van der Waals surface area contributed by atoms with Crippen LogP contribution in [-0.4, -0.2) is 18.5 Å². The van der Waals surface area contributed by atoms with Crippen LogP contribution in [0.4, 0.5) is 0 Å². The number of halogens is 1. The van der Waals surface area contributed by atoms with Crippen LogP contribution in [0, 0.1) is 0 Å². The first-order valence-corrected chi connectivity index (χ1v) is 6.13. The van der Waals surface area contributed by atoms with Crippen LogP contribution in [0.3, 0.4) is 0 Å². The molecule has 0 radical (unpaired) electrons. The summed E-state index contributed by atoms with van der Waals surface area (Å²) in [5.41, 5.74) is 3.05. The Hall–Kier alpha value is -0.530. The summed E-state index contributed by atoms with van der Waals surface area (Å²) in [5.74, 6) is 0.729. The normalized spacial score (nSPS) is 20.5. The van der Waals surface area contributed by atoms with E-state index in [9.17, 15) is 0 Å². The Bertz CT molecular complexity index is 322. The van der Waals surface area contributed by atoms with Crippen LogP contribution in [0.25, 0.3) is 0 Å². The van der Waals surface area contributed by atoms with Gasteiger partial charge in [0.05, 0.1) is 0 Å². The molecule has 0 aromatic heterocycles. The summed E-state index contributed by atoms with van der Waals surface area (Å²) in [6.07, 6.45) is 2.29. The molecule has 1 aromatic rings. The van der Waals surface area contributed by atoms with Gasteiger partial charge >= 0.3 is 0 Å². The van der Waals surface area contributed by atoms with Crippen molar-refractivity contribution in [2.24, 2.45) is 0 Å². The second-order valence-electron chi connectivity index (χ2n) is 4.37. The molecule has 0 spiro atoms. The summed E-state index contributed by atoms with van der Waals surface area (Å²) in [5, 5.41) is 3.76. The number of fused-ring (bicyclic) bond motifs is 1. The zero-order valence-corrected chi connectivity index (χ0v) is 9.93. The lowest BCUT2D eigenvalue weighted by atomic mass is 9.77. The minimum atomic E-state index is 0.283. The molecule has 0 bridgehead atoms. The number of hydrogen-bond acceptors (Lipinski definition) is 1. The fourth-order valence-electron chi connectivity index (χ4n) is 2.12. The maximum Gasteiger partial charge on any atom is 0.0319 e. The number of rotatable bonds is 5. The Morgan fingerprint density at radius 3 is 3.00 bits per heavy atom. The minimum absolute atomic E-state index is 0.283. The molecule has 2 atom stereocenters. The van der Waals surface area contributed by atoms with E-state index in [2.05, 4.69) is 29.6 Å². The molecule has 2 rings (SSSR count). The molecule has 15 heavy (non-hydrogen) atoms. The number of alkyl halides is 1. The van der Waals surface area contributed by atoms with E-state index in [1.807, 2.05) is 6.92 Å². The van der Waals surface area contributed by atoms with Crippen molar-refractivity contribution in [3.63, 3.8) is 0 Å². The maximum atomic E-state index is 5.88. The van der Waals surface area contributed by atoms with E-state index in [-0.39, 0.29) is 5.38 Å². The number of benzene rings is 1. The highest BCUT2D eigenvalue weighted by Crippen LogP contribution is 2.33. The Kier molecular flexibility index (Phi) is 3.66. The minimum Gasteiger partial charge on any atom is -0.316 e. The molecular weight excluding hydrogens is 206 g/mol. The van der Waals surface area contributed by atoms with Gasteiger partial charge in [-0.2, -0.15) is 0 Å². The van der Waals surface area contributed by atoms with Crippen LogP contribution in [0.1, 0.15) is 30.4 Å². The summed E-state index contributed by atoms with van der Waals surface area (Å²) >= 11 is 5.88. The molecule has 0 heterocycles. The molecule has 0 aliphatic heterocycles. The van der Waals surface area contributed by atoms with E-state index in [0.29, 0.717) is 0 Å². The van der Waals surface area contributed by atoms with Crippen LogP contribution < -0.4 is 5.32 Å². The van der Waals surface area contributed by atoms with Crippen molar-refractivity contribution < 1.29 is 0 Å². The largest absolute Gasteiger partial charge is 0.316 e. The summed E-state index contributed by atoms with van der Waals surface area (Å²) in [6.45, 7) is 4.17. The highest BCUT2D eigenvalue weighted by atomic mass is 35.5. The zero-order valence-electron chi connectivity index (χ0n) is 9.17. The molecule has 2 unspecified atom stereocenters. The average Bonchev–Trinajstić information content (AvgIpc) is 2.18. The van der Waals surface area contributed by atoms with Crippen molar-refractivity contribution in [1.82, 2.24) is 5.32 Å². The van der Waals surface area contributed by atoms with Gasteiger partial charge in [0.15, 0.2) is 0 Å². The van der Waals surface area contributed by atoms with Gasteiger partial charge in [0.1, 0.15) is 0 Å². The Labute approximate surface area is 96.8 Å². The molecule has 0 amide bonds. The van der Waals surface area contributed by atoms with Crippen molar-refractivity contribution in [2.75, 3.05) is 13.1 Å². The fourth-order valence-corrected chi connectivity index (χ4v) is 2.23. The lowest BCUT2D eigenvalue weighted by Crippen LogP contribution is -2.30. The monoisotopic (exact) mass is 223 g/mol. The van der Waals surface area contributed by atoms with Gasteiger partial charge in [0.25, 0.3) is 0 Å². The summed E-state index contributed by atoms with van der Waals surface area (Å²) in [7, 11) is 0. The third-order valence-corrected chi connectivity index (χ3v) is 3.29. The van der Waals surface area contributed by atoms with Crippen LogP contribution in [0.5, 0.6) is 0 Å². The van der Waals surface area contributed by atoms with Crippen molar-refractivity contribution in [2.45, 2.75) is 31.1 Å². The topological polar surface area (TPSA) is 12.0 Å². The second-order valence-corrected chi connectivity index (χ2v) is 5.12. The van der Waals surface area contributed by atoms with Gasteiger partial charge in [-0.05, 0) is 37.4 Å². The van der Waals surface area contributed by atoms with Crippen LogP contribution >= 0.6 is 11.6 Å². The molecule has 0 saturated carbocycles. The predicted octanol–water partition coefficient (Wildman–Crippen LogP) is 2.93. The number of hydrogen-bond donors (Lipinski definition) is 1. The molecule has 1 aliphatic carbocycles. The highest BCUT2D eigenvalue weighted by Gasteiger charge is 2.24. The smallest absolute Gasteiger partial charge is 0.0319 e. The van der Waals surface area contributed by atoms with Gasteiger partial charge in [0.2, 0.25) is 0 Å². The summed E-state index contributed by atoms with van der Waals surface area (Å²) in [4.78, 5) is 0. The first-order chi connectivity index (χ1) is 7.27. The van der Waals surface area contributed by atoms with E-state index in [4.69, 9.17) is 11.6 Å².